The second kappa shape index (κ2) is 6.55. The van der Waals surface area contributed by atoms with Gasteiger partial charge in [0.15, 0.2) is 5.54 Å². The fourth-order valence-electron chi connectivity index (χ4n) is 2.56. The van der Waals surface area contributed by atoms with Gasteiger partial charge in [-0.25, -0.2) is 9.18 Å². The van der Waals surface area contributed by atoms with Crippen LogP contribution >= 0.6 is 22.9 Å². The lowest BCUT2D eigenvalue weighted by atomic mass is 9.86. The molecule has 3 aromatic rings. The van der Waals surface area contributed by atoms with Gasteiger partial charge in [-0.05, 0) is 23.8 Å². The predicted octanol–water partition coefficient (Wildman–Crippen LogP) is 3.90. The first kappa shape index (κ1) is 17.5. The van der Waals surface area contributed by atoms with Gasteiger partial charge in [-0.3, -0.25) is 4.79 Å². The Morgan fingerprint density at radius 1 is 1.20 bits per heavy atom. The second-order valence-electron chi connectivity index (χ2n) is 5.65. The first-order chi connectivity index (χ1) is 11.8. The molecule has 0 aliphatic carbocycles. The van der Waals surface area contributed by atoms with Crippen molar-refractivity contribution in [2.24, 2.45) is 5.73 Å². The zero-order valence-electron chi connectivity index (χ0n) is 12.8. The van der Waals surface area contributed by atoms with Gasteiger partial charge in [0.25, 0.3) is 0 Å². The van der Waals surface area contributed by atoms with Crippen molar-refractivity contribution in [3.63, 3.8) is 0 Å². The number of hydrogen-bond donors (Lipinski definition) is 2. The van der Waals surface area contributed by atoms with Gasteiger partial charge < -0.3 is 10.8 Å². The minimum Gasteiger partial charge on any atom is -0.480 e. The minimum absolute atomic E-state index is 0.0168. The predicted molar refractivity (Wildman–Crippen MR) is 95.8 cm³/mol. The van der Waals surface area contributed by atoms with Gasteiger partial charge in [-0.1, -0.05) is 41.9 Å². The lowest BCUT2D eigenvalue weighted by Crippen LogP contribution is -2.56. The number of carboxylic acids is 1. The molecule has 0 saturated carbocycles. The molecule has 2 aromatic carbocycles. The van der Waals surface area contributed by atoms with Gasteiger partial charge in [0.1, 0.15) is 5.82 Å². The van der Waals surface area contributed by atoms with E-state index in [0.29, 0.717) is 15.6 Å². The monoisotopic (exact) mass is 377 g/mol. The molecule has 128 valence electrons. The molecule has 0 aliphatic rings. The van der Waals surface area contributed by atoms with E-state index in [0.717, 1.165) is 11.3 Å². The summed E-state index contributed by atoms with van der Waals surface area (Å²) in [6.07, 6.45) is -0.180. The largest absolute Gasteiger partial charge is 0.480 e. The number of aliphatic carboxylic acids is 1. The second-order valence-corrected chi connectivity index (χ2v) is 7.08. The van der Waals surface area contributed by atoms with E-state index in [2.05, 4.69) is 0 Å². The molecule has 1 aromatic heterocycles. The van der Waals surface area contributed by atoms with Crippen LogP contribution < -0.4 is 5.73 Å². The van der Waals surface area contributed by atoms with Crippen LogP contribution in [0.15, 0.2) is 48.5 Å². The number of carbonyl (C=O) groups excluding carboxylic acids is 1. The highest BCUT2D eigenvalue weighted by molar-refractivity contribution is 7.21. The summed E-state index contributed by atoms with van der Waals surface area (Å²) in [5, 5.41) is 9.98. The minimum atomic E-state index is -2.16. The van der Waals surface area contributed by atoms with E-state index >= 15 is 0 Å². The Balaban J connectivity index is 2.07. The topological polar surface area (TPSA) is 80.4 Å². The molecular formula is C18H13ClFNO3S. The van der Waals surface area contributed by atoms with Gasteiger partial charge in [-0.2, -0.15) is 0 Å². The number of nitrogens with two attached hydrogens (primary N) is 1. The van der Waals surface area contributed by atoms with Gasteiger partial charge in [0.2, 0.25) is 5.78 Å². The molecule has 0 aliphatic heterocycles. The molecule has 1 unspecified atom stereocenters. The molecule has 3 rings (SSSR count). The zero-order valence-corrected chi connectivity index (χ0v) is 14.4. The molecule has 0 fully saturated rings. The smallest absolute Gasteiger partial charge is 0.332 e. The number of ketones is 1. The fourth-order valence-corrected chi connectivity index (χ4v) is 4.07. The maximum atomic E-state index is 13.4. The van der Waals surface area contributed by atoms with Crippen molar-refractivity contribution in [1.82, 2.24) is 0 Å². The third-order valence-corrected chi connectivity index (χ3v) is 5.58. The summed E-state index contributed by atoms with van der Waals surface area (Å²) in [6.45, 7) is 0. The number of fused-ring (bicyclic) bond motifs is 1. The maximum absolute atomic E-state index is 13.4. The van der Waals surface area contributed by atoms with Crippen molar-refractivity contribution in [3.05, 3.63) is 69.8 Å². The lowest BCUT2D eigenvalue weighted by Gasteiger charge is -2.23. The Kier molecular flexibility index (Phi) is 4.60. The van der Waals surface area contributed by atoms with Gasteiger partial charge in [0.05, 0.1) is 9.90 Å². The van der Waals surface area contributed by atoms with E-state index in [1.165, 1.54) is 18.2 Å². The molecule has 0 spiro atoms. The van der Waals surface area contributed by atoms with E-state index in [1.807, 2.05) is 0 Å². The van der Waals surface area contributed by atoms with Crippen LogP contribution in [0.1, 0.15) is 15.2 Å². The molecule has 1 heterocycles. The van der Waals surface area contributed by atoms with Gasteiger partial charge in [0, 0.05) is 16.5 Å². The van der Waals surface area contributed by atoms with Crippen LogP contribution in [-0.2, 0) is 11.2 Å². The van der Waals surface area contributed by atoms with Crippen LogP contribution in [0.5, 0.6) is 0 Å². The van der Waals surface area contributed by atoms with Crippen molar-refractivity contribution < 1.29 is 19.1 Å². The lowest BCUT2D eigenvalue weighted by molar-refractivity contribution is -0.141. The van der Waals surface area contributed by atoms with Crippen LogP contribution in [0.2, 0.25) is 5.02 Å². The zero-order chi connectivity index (χ0) is 18.2. The third-order valence-electron chi connectivity index (χ3n) is 3.91. The summed E-state index contributed by atoms with van der Waals surface area (Å²) in [4.78, 5) is 24.7. The molecule has 0 radical (unpaired) electrons. The SMILES string of the molecule is NC(Cc1ccccc1)(C(=O)O)C(=O)c1sc2ccc(F)cc2c1Cl. The van der Waals surface area contributed by atoms with Crippen LogP contribution in [-0.4, -0.2) is 22.4 Å². The highest BCUT2D eigenvalue weighted by atomic mass is 35.5. The van der Waals surface area contributed by atoms with Crippen LogP contribution in [0.25, 0.3) is 10.1 Å². The summed E-state index contributed by atoms with van der Waals surface area (Å²) in [5.74, 6) is -2.73. The Bertz CT molecular complexity index is 973. The fraction of sp³-hybridized carbons (Fsp3) is 0.111. The summed E-state index contributed by atoms with van der Waals surface area (Å²) in [7, 11) is 0. The van der Waals surface area contributed by atoms with Crippen LogP contribution in [0, 0.1) is 5.82 Å². The van der Waals surface area contributed by atoms with E-state index in [4.69, 9.17) is 17.3 Å². The average molecular weight is 378 g/mol. The number of carboxylic acid groups (broad SMARTS) is 1. The molecule has 4 nitrogen and oxygen atoms in total. The molecule has 25 heavy (non-hydrogen) atoms. The average Bonchev–Trinajstić information content (AvgIpc) is 2.91. The molecule has 3 N–H and O–H groups in total. The molecule has 0 bridgehead atoms. The van der Waals surface area contributed by atoms with Crippen molar-refractivity contribution in [1.29, 1.82) is 0 Å². The molecule has 7 heteroatoms. The quantitative estimate of drug-likeness (QED) is 0.522. The Labute approximate surface area is 151 Å². The standard InChI is InChI=1S/C18H13ClFNO3S/c19-14-12-8-11(20)6-7-13(12)25-15(14)16(22)18(21,17(23)24)9-10-4-2-1-3-5-10/h1-8H,9,21H2,(H,23,24). The molecule has 0 amide bonds. The Morgan fingerprint density at radius 3 is 2.52 bits per heavy atom. The maximum Gasteiger partial charge on any atom is 0.332 e. The van der Waals surface area contributed by atoms with Crippen LogP contribution in [0.4, 0.5) is 4.39 Å². The first-order valence-electron chi connectivity index (χ1n) is 7.31. The number of thiophene rings is 1. The van der Waals surface area contributed by atoms with Crippen molar-refractivity contribution in [2.75, 3.05) is 0 Å². The molecule has 1 atom stereocenters. The summed E-state index contributed by atoms with van der Waals surface area (Å²) in [5.41, 5.74) is 4.45. The molecular weight excluding hydrogens is 365 g/mol. The van der Waals surface area contributed by atoms with Gasteiger partial charge >= 0.3 is 5.97 Å². The number of rotatable bonds is 5. The van der Waals surface area contributed by atoms with Crippen molar-refractivity contribution in [3.8, 4) is 0 Å². The number of Topliss-reactive ketones (excluding diaryl/α,β-unsaturated/α-hetero) is 1. The third kappa shape index (κ3) is 3.16. The molecule has 0 saturated heterocycles. The number of benzene rings is 2. The normalized spacial score (nSPS) is 13.6. The highest BCUT2D eigenvalue weighted by Crippen LogP contribution is 2.37. The summed E-state index contributed by atoms with van der Waals surface area (Å²) in [6, 6.07) is 12.6. The van der Waals surface area contributed by atoms with Crippen molar-refractivity contribution >= 4 is 44.8 Å². The summed E-state index contributed by atoms with van der Waals surface area (Å²) < 4.78 is 14.0. The highest BCUT2D eigenvalue weighted by Gasteiger charge is 2.44. The first-order valence-corrected chi connectivity index (χ1v) is 8.51. The van der Waals surface area contributed by atoms with Crippen LogP contribution in [0.3, 0.4) is 0 Å². The van der Waals surface area contributed by atoms with E-state index in [-0.39, 0.29) is 16.3 Å². The van der Waals surface area contributed by atoms with Gasteiger partial charge in [-0.15, -0.1) is 11.3 Å². The van der Waals surface area contributed by atoms with E-state index < -0.39 is 23.1 Å². The van der Waals surface area contributed by atoms with Crippen molar-refractivity contribution in [2.45, 2.75) is 12.0 Å². The number of hydrogen-bond acceptors (Lipinski definition) is 4. The Morgan fingerprint density at radius 2 is 1.88 bits per heavy atom. The Hall–Kier alpha value is -2.28. The summed E-state index contributed by atoms with van der Waals surface area (Å²) >= 11 is 7.22. The number of halogens is 2. The van der Waals surface area contributed by atoms with E-state index in [9.17, 15) is 19.1 Å². The number of carbonyl (C=O) groups is 2. The van der Waals surface area contributed by atoms with E-state index in [1.54, 1.807) is 30.3 Å².